The first-order valence-electron chi connectivity index (χ1n) is 7.09. The maximum Gasteiger partial charge on any atom is 0.408 e. The zero-order valence-electron chi connectivity index (χ0n) is 12.5. The number of rotatable bonds is 6. The molecule has 2 N–H and O–H groups in total. The Morgan fingerprint density at radius 1 is 1.04 bits per heavy atom. The monoisotopic (exact) mass is 335 g/mol. The topological polar surface area (TPSA) is 75.6 Å². The molecule has 1 atom stereocenters. The number of benzene rings is 2. The molecule has 5 nitrogen and oxygen atoms in total. The Labute approximate surface area is 136 Å². The molecule has 0 spiro atoms. The number of carboxylic acid groups (broad SMARTS) is 1. The van der Waals surface area contributed by atoms with Crippen molar-refractivity contribution in [2.75, 3.05) is 0 Å². The van der Waals surface area contributed by atoms with E-state index in [4.69, 9.17) is 9.84 Å². The van der Waals surface area contributed by atoms with Crippen LogP contribution in [0, 0.1) is 11.6 Å². The lowest BCUT2D eigenvalue weighted by molar-refractivity contribution is -0.139. The first kappa shape index (κ1) is 17.4. The zero-order valence-corrected chi connectivity index (χ0v) is 12.5. The second kappa shape index (κ2) is 8.05. The number of carbonyl (C=O) groups is 2. The van der Waals surface area contributed by atoms with Gasteiger partial charge in [-0.3, -0.25) is 0 Å². The standard InChI is InChI=1S/C17H15F2NO4/c18-13-7-6-12(8-14(13)19)9-15(16(21)22)20-17(23)24-10-11-4-2-1-3-5-11/h1-8,15H,9-10H2,(H,20,23)(H,21,22). The molecule has 2 aromatic carbocycles. The average molecular weight is 335 g/mol. The van der Waals surface area contributed by atoms with Gasteiger partial charge in [0.25, 0.3) is 0 Å². The number of hydrogen-bond donors (Lipinski definition) is 2. The maximum absolute atomic E-state index is 13.2. The molecule has 0 fully saturated rings. The molecule has 0 saturated heterocycles. The summed E-state index contributed by atoms with van der Waals surface area (Å²) in [6.07, 6.45) is -1.11. The lowest BCUT2D eigenvalue weighted by Crippen LogP contribution is -2.42. The SMILES string of the molecule is O=C(NC(Cc1ccc(F)c(F)c1)C(=O)O)OCc1ccccc1. The first-order valence-corrected chi connectivity index (χ1v) is 7.09. The lowest BCUT2D eigenvalue weighted by atomic mass is 10.1. The largest absolute Gasteiger partial charge is 0.480 e. The van der Waals surface area contributed by atoms with E-state index in [9.17, 15) is 18.4 Å². The molecule has 0 radical (unpaired) electrons. The van der Waals surface area contributed by atoms with Gasteiger partial charge in [-0.05, 0) is 23.3 Å². The quantitative estimate of drug-likeness (QED) is 0.851. The van der Waals surface area contributed by atoms with Gasteiger partial charge in [0.15, 0.2) is 11.6 Å². The summed E-state index contributed by atoms with van der Waals surface area (Å²) in [7, 11) is 0. The fraction of sp³-hybridized carbons (Fsp3) is 0.176. The van der Waals surface area contributed by atoms with E-state index >= 15 is 0 Å². The maximum atomic E-state index is 13.2. The van der Waals surface area contributed by atoms with Gasteiger partial charge in [0, 0.05) is 6.42 Å². The fourth-order valence-electron chi connectivity index (χ4n) is 2.01. The smallest absolute Gasteiger partial charge is 0.408 e. The van der Waals surface area contributed by atoms with Gasteiger partial charge in [0.2, 0.25) is 0 Å². The first-order chi connectivity index (χ1) is 11.5. The third-order valence-corrected chi connectivity index (χ3v) is 3.23. The van der Waals surface area contributed by atoms with Crippen molar-refractivity contribution < 1.29 is 28.2 Å². The number of nitrogens with one attached hydrogen (secondary N) is 1. The van der Waals surface area contributed by atoms with E-state index in [-0.39, 0.29) is 18.6 Å². The van der Waals surface area contributed by atoms with Crippen molar-refractivity contribution in [1.82, 2.24) is 5.32 Å². The summed E-state index contributed by atoms with van der Waals surface area (Å²) < 4.78 is 31.0. The van der Waals surface area contributed by atoms with Crippen LogP contribution in [0.5, 0.6) is 0 Å². The van der Waals surface area contributed by atoms with Crippen molar-refractivity contribution in [1.29, 1.82) is 0 Å². The van der Waals surface area contributed by atoms with Crippen LogP contribution in [0.1, 0.15) is 11.1 Å². The molecule has 2 rings (SSSR count). The second-order valence-corrected chi connectivity index (χ2v) is 5.05. The Morgan fingerprint density at radius 2 is 1.75 bits per heavy atom. The van der Waals surface area contributed by atoms with Gasteiger partial charge in [-0.2, -0.15) is 0 Å². The van der Waals surface area contributed by atoms with Gasteiger partial charge in [-0.1, -0.05) is 36.4 Å². The highest BCUT2D eigenvalue weighted by Gasteiger charge is 2.21. The number of ether oxygens (including phenoxy) is 1. The molecule has 24 heavy (non-hydrogen) atoms. The van der Waals surface area contributed by atoms with Gasteiger partial charge in [-0.25, -0.2) is 18.4 Å². The van der Waals surface area contributed by atoms with Crippen molar-refractivity contribution in [2.45, 2.75) is 19.1 Å². The number of halogens is 2. The fourth-order valence-corrected chi connectivity index (χ4v) is 2.01. The van der Waals surface area contributed by atoms with E-state index in [1.807, 2.05) is 6.07 Å². The number of amides is 1. The summed E-state index contributed by atoms with van der Waals surface area (Å²) in [5.41, 5.74) is 0.991. The Balaban J connectivity index is 1.93. The van der Waals surface area contributed by atoms with Gasteiger partial charge >= 0.3 is 12.1 Å². The zero-order chi connectivity index (χ0) is 17.5. The molecule has 0 aliphatic heterocycles. The van der Waals surface area contributed by atoms with E-state index in [0.717, 1.165) is 17.7 Å². The summed E-state index contributed by atoms with van der Waals surface area (Å²) in [6.45, 7) is -0.00973. The van der Waals surface area contributed by atoms with Gasteiger partial charge < -0.3 is 15.2 Å². The highest BCUT2D eigenvalue weighted by molar-refractivity contribution is 5.80. The van der Waals surface area contributed by atoms with Crippen LogP contribution in [0.4, 0.5) is 13.6 Å². The van der Waals surface area contributed by atoms with Crippen LogP contribution in [0.25, 0.3) is 0 Å². The second-order valence-electron chi connectivity index (χ2n) is 5.05. The Bertz CT molecular complexity index is 722. The summed E-state index contributed by atoms with van der Waals surface area (Å²) in [5.74, 6) is -3.42. The van der Waals surface area contributed by atoms with Crippen LogP contribution < -0.4 is 5.32 Å². The van der Waals surface area contributed by atoms with Gasteiger partial charge in [0.05, 0.1) is 0 Å². The molecule has 7 heteroatoms. The molecule has 0 bridgehead atoms. The molecule has 0 aliphatic carbocycles. The van der Waals surface area contributed by atoms with E-state index in [2.05, 4.69) is 5.32 Å². The van der Waals surface area contributed by atoms with Crippen LogP contribution in [0.15, 0.2) is 48.5 Å². The van der Waals surface area contributed by atoms with E-state index in [0.29, 0.717) is 0 Å². The summed E-state index contributed by atoms with van der Waals surface area (Å²) in [5, 5.41) is 11.3. The molecule has 2 aromatic rings. The minimum Gasteiger partial charge on any atom is -0.480 e. The summed E-state index contributed by atoms with van der Waals surface area (Å²) in [4.78, 5) is 22.9. The number of carboxylic acids is 1. The van der Waals surface area contributed by atoms with Crippen molar-refractivity contribution >= 4 is 12.1 Å². The third-order valence-electron chi connectivity index (χ3n) is 3.23. The lowest BCUT2D eigenvalue weighted by Gasteiger charge is -2.15. The van der Waals surface area contributed by atoms with Crippen LogP contribution >= 0.6 is 0 Å². The van der Waals surface area contributed by atoms with E-state index in [1.54, 1.807) is 24.3 Å². The van der Waals surface area contributed by atoms with Gasteiger partial charge in [0.1, 0.15) is 12.6 Å². The molecule has 0 heterocycles. The van der Waals surface area contributed by atoms with Crippen LogP contribution in [-0.4, -0.2) is 23.2 Å². The van der Waals surface area contributed by atoms with Crippen LogP contribution in [-0.2, 0) is 22.6 Å². The van der Waals surface area contributed by atoms with E-state index < -0.39 is 29.7 Å². The Morgan fingerprint density at radius 3 is 2.38 bits per heavy atom. The van der Waals surface area contributed by atoms with E-state index in [1.165, 1.54) is 6.07 Å². The molecule has 1 unspecified atom stereocenters. The minimum absolute atomic E-state index is 0.00973. The van der Waals surface area contributed by atoms with Crippen molar-refractivity contribution in [3.63, 3.8) is 0 Å². The van der Waals surface area contributed by atoms with Crippen LogP contribution in [0.2, 0.25) is 0 Å². The Hall–Kier alpha value is -2.96. The number of aliphatic carboxylic acids is 1. The molecular formula is C17H15F2NO4. The number of alkyl carbamates (subject to hydrolysis) is 1. The Kier molecular flexibility index (Phi) is 5.83. The van der Waals surface area contributed by atoms with Crippen molar-refractivity contribution in [2.24, 2.45) is 0 Å². The summed E-state index contributed by atoms with van der Waals surface area (Å²) >= 11 is 0. The third kappa shape index (κ3) is 5.05. The molecule has 1 amide bonds. The molecule has 0 saturated carbocycles. The predicted octanol–water partition coefficient (Wildman–Crippen LogP) is 2.89. The molecule has 126 valence electrons. The highest BCUT2D eigenvalue weighted by atomic mass is 19.2. The molecular weight excluding hydrogens is 320 g/mol. The number of hydrogen-bond acceptors (Lipinski definition) is 3. The van der Waals surface area contributed by atoms with Crippen molar-refractivity contribution in [3.8, 4) is 0 Å². The average Bonchev–Trinajstić information content (AvgIpc) is 2.56. The van der Waals surface area contributed by atoms with Crippen LogP contribution in [0.3, 0.4) is 0 Å². The number of carbonyl (C=O) groups excluding carboxylic acids is 1. The summed E-state index contributed by atoms with van der Waals surface area (Å²) in [6, 6.07) is 10.6. The van der Waals surface area contributed by atoms with Gasteiger partial charge in [-0.15, -0.1) is 0 Å². The molecule has 0 aliphatic rings. The molecule has 0 aromatic heterocycles. The normalized spacial score (nSPS) is 11.6. The highest BCUT2D eigenvalue weighted by Crippen LogP contribution is 2.11. The minimum atomic E-state index is -1.32. The predicted molar refractivity (Wildman–Crippen MR) is 81.2 cm³/mol. The van der Waals surface area contributed by atoms with Crippen molar-refractivity contribution in [3.05, 3.63) is 71.3 Å².